The number of hydrogen-bond donors (Lipinski definition) is 2. The van der Waals surface area contributed by atoms with E-state index in [1.807, 2.05) is 19.9 Å². The number of ether oxygens (including phenoxy) is 1. The fourth-order valence-corrected chi connectivity index (χ4v) is 2.59. The molecular weight excluding hydrogens is 286 g/mol. The molecule has 1 unspecified atom stereocenters. The first-order valence-corrected chi connectivity index (χ1v) is 6.05. The molecule has 17 heavy (non-hydrogen) atoms. The number of carboxylic acids is 1. The van der Waals surface area contributed by atoms with Crippen molar-refractivity contribution in [3.63, 3.8) is 0 Å². The summed E-state index contributed by atoms with van der Waals surface area (Å²) in [7, 11) is 0. The molecule has 3 N–H and O–H groups in total. The van der Waals surface area contributed by atoms with E-state index in [2.05, 4.69) is 15.9 Å². The monoisotopic (exact) mass is 299 g/mol. The average Bonchev–Trinajstić information content (AvgIpc) is 2.18. The molecule has 1 aromatic rings. The predicted octanol–water partition coefficient (Wildman–Crippen LogP) is 2.25. The Labute approximate surface area is 108 Å². The van der Waals surface area contributed by atoms with Gasteiger partial charge in [-0.25, -0.2) is 4.79 Å². The van der Waals surface area contributed by atoms with E-state index in [9.17, 15) is 9.90 Å². The van der Waals surface area contributed by atoms with Crippen molar-refractivity contribution >= 4 is 21.9 Å². The summed E-state index contributed by atoms with van der Waals surface area (Å²) in [6.07, 6.45) is 0.235. The van der Waals surface area contributed by atoms with E-state index < -0.39 is 17.1 Å². The Morgan fingerprint density at radius 2 is 2.18 bits per heavy atom. The Morgan fingerprint density at radius 3 is 2.76 bits per heavy atom. The average molecular weight is 300 g/mol. The zero-order valence-corrected chi connectivity index (χ0v) is 11.2. The summed E-state index contributed by atoms with van der Waals surface area (Å²) < 4.78 is 6.54. The van der Waals surface area contributed by atoms with Crippen LogP contribution in [0.2, 0.25) is 0 Å². The third-order valence-corrected chi connectivity index (χ3v) is 3.39. The molecule has 1 aliphatic rings. The molecule has 0 amide bonds. The molecular formula is C12H14BrNO3. The summed E-state index contributed by atoms with van der Waals surface area (Å²) in [5.74, 6) is -0.498. The molecule has 5 heteroatoms. The fourth-order valence-electron chi connectivity index (χ4n) is 2.23. The van der Waals surface area contributed by atoms with Crippen LogP contribution in [0, 0.1) is 0 Å². The van der Waals surface area contributed by atoms with Gasteiger partial charge >= 0.3 is 5.97 Å². The van der Waals surface area contributed by atoms with Crippen LogP contribution in [0.3, 0.4) is 0 Å². The molecule has 0 aliphatic carbocycles. The molecule has 1 aliphatic heterocycles. The molecule has 92 valence electrons. The molecule has 0 radical (unpaired) electrons. The fraction of sp³-hybridized carbons (Fsp3) is 0.417. The van der Waals surface area contributed by atoms with E-state index in [1.165, 1.54) is 0 Å². The van der Waals surface area contributed by atoms with Crippen molar-refractivity contribution < 1.29 is 14.6 Å². The van der Waals surface area contributed by atoms with Gasteiger partial charge in [-0.2, -0.15) is 0 Å². The molecule has 0 saturated heterocycles. The number of hydrogen-bond acceptors (Lipinski definition) is 3. The van der Waals surface area contributed by atoms with Crippen LogP contribution >= 0.6 is 15.9 Å². The van der Waals surface area contributed by atoms with E-state index in [0.29, 0.717) is 11.3 Å². The van der Waals surface area contributed by atoms with Gasteiger partial charge in [0.05, 0.1) is 0 Å². The van der Waals surface area contributed by atoms with E-state index in [4.69, 9.17) is 10.5 Å². The van der Waals surface area contributed by atoms with Gasteiger partial charge in [-0.1, -0.05) is 15.9 Å². The van der Waals surface area contributed by atoms with Crippen molar-refractivity contribution in [1.82, 2.24) is 0 Å². The Hall–Kier alpha value is -1.07. The third kappa shape index (κ3) is 2.05. The Balaban J connectivity index is 2.64. The summed E-state index contributed by atoms with van der Waals surface area (Å²) >= 11 is 3.32. The van der Waals surface area contributed by atoms with Crippen molar-refractivity contribution in [2.24, 2.45) is 5.73 Å². The maximum Gasteiger partial charge on any atom is 0.328 e. The first-order valence-electron chi connectivity index (χ1n) is 5.26. The molecule has 0 saturated carbocycles. The lowest BCUT2D eigenvalue weighted by molar-refractivity contribution is -0.147. The zero-order chi connectivity index (χ0) is 12.8. The zero-order valence-electron chi connectivity index (χ0n) is 9.66. The maximum atomic E-state index is 11.4. The number of nitrogens with two attached hydrogens (primary N) is 1. The Morgan fingerprint density at radius 1 is 1.53 bits per heavy atom. The van der Waals surface area contributed by atoms with Crippen molar-refractivity contribution in [3.05, 3.63) is 28.2 Å². The van der Waals surface area contributed by atoms with Gasteiger partial charge in [0.1, 0.15) is 16.9 Å². The molecule has 0 aromatic heterocycles. The van der Waals surface area contributed by atoms with Crippen LogP contribution in [-0.4, -0.2) is 16.7 Å². The summed E-state index contributed by atoms with van der Waals surface area (Å²) in [6, 6.07) is 5.26. The standard InChI is InChI=1S/C12H14BrNO3/c1-11(2)6-12(14,10(15)16)8-5-7(13)3-4-9(8)17-11/h3-5H,6,14H2,1-2H3,(H,15,16). The SMILES string of the molecule is CC1(C)CC(N)(C(=O)O)c2cc(Br)ccc2O1. The third-order valence-electron chi connectivity index (χ3n) is 2.89. The lowest BCUT2D eigenvalue weighted by atomic mass is 9.78. The van der Waals surface area contributed by atoms with E-state index in [-0.39, 0.29) is 6.42 Å². The van der Waals surface area contributed by atoms with Gasteiger partial charge in [0, 0.05) is 16.5 Å². The van der Waals surface area contributed by atoms with Crippen LogP contribution in [0.5, 0.6) is 5.75 Å². The lowest BCUT2D eigenvalue weighted by Gasteiger charge is -2.41. The summed E-state index contributed by atoms with van der Waals surface area (Å²) in [5, 5.41) is 9.37. The lowest BCUT2D eigenvalue weighted by Crippen LogP contribution is -2.54. The van der Waals surface area contributed by atoms with E-state index in [1.54, 1.807) is 12.1 Å². The van der Waals surface area contributed by atoms with Gasteiger partial charge in [-0.3, -0.25) is 0 Å². The van der Waals surface area contributed by atoms with Crippen LogP contribution < -0.4 is 10.5 Å². The number of halogens is 1. The highest BCUT2D eigenvalue weighted by Gasteiger charge is 2.48. The minimum atomic E-state index is -1.40. The summed E-state index contributed by atoms with van der Waals surface area (Å²) in [5.41, 5.74) is 4.58. The normalized spacial score (nSPS) is 25.9. The number of benzene rings is 1. The number of rotatable bonds is 1. The van der Waals surface area contributed by atoms with Gasteiger partial charge in [0.2, 0.25) is 0 Å². The maximum absolute atomic E-state index is 11.4. The number of carbonyl (C=O) groups is 1. The van der Waals surface area contributed by atoms with Crippen molar-refractivity contribution in [2.45, 2.75) is 31.4 Å². The highest BCUT2D eigenvalue weighted by atomic mass is 79.9. The molecule has 0 spiro atoms. The largest absolute Gasteiger partial charge is 0.487 e. The second-order valence-corrected chi connectivity index (χ2v) is 5.87. The molecule has 0 fully saturated rings. The predicted molar refractivity (Wildman–Crippen MR) is 67.0 cm³/mol. The minimum Gasteiger partial charge on any atom is -0.487 e. The molecule has 1 aromatic carbocycles. The van der Waals surface area contributed by atoms with Gasteiger partial charge in [0.15, 0.2) is 0 Å². The first kappa shape index (κ1) is 12.4. The van der Waals surface area contributed by atoms with Crippen LogP contribution in [-0.2, 0) is 10.3 Å². The van der Waals surface area contributed by atoms with Crippen LogP contribution in [0.15, 0.2) is 22.7 Å². The number of fused-ring (bicyclic) bond motifs is 1. The molecule has 4 nitrogen and oxygen atoms in total. The molecule has 1 heterocycles. The van der Waals surface area contributed by atoms with Crippen LogP contribution in [0.4, 0.5) is 0 Å². The van der Waals surface area contributed by atoms with Gasteiger partial charge in [0.25, 0.3) is 0 Å². The van der Waals surface area contributed by atoms with Crippen LogP contribution in [0.25, 0.3) is 0 Å². The summed E-state index contributed by atoms with van der Waals surface area (Å²) in [6.45, 7) is 3.67. The van der Waals surface area contributed by atoms with E-state index >= 15 is 0 Å². The topological polar surface area (TPSA) is 72.6 Å². The highest BCUT2D eigenvalue weighted by Crippen LogP contribution is 2.43. The number of aliphatic carboxylic acids is 1. The van der Waals surface area contributed by atoms with Crippen molar-refractivity contribution in [3.8, 4) is 5.75 Å². The second-order valence-electron chi connectivity index (χ2n) is 4.96. The summed E-state index contributed by atoms with van der Waals surface area (Å²) in [4.78, 5) is 11.4. The highest BCUT2D eigenvalue weighted by molar-refractivity contribution is 9.10. The van der Waals surface area contributed by atoms with E-state index in [0.717, 1.165) is 4.47 Å². The molecule has 0 bridgehead atoms. The van der Waals surface area contributed by atoms with Crippen LogP contribution in [0.1, 0.15) is 25.8 Å². The van der Waals surface area contributed by atoms with Gasteiger partial charge in [-0.05, 0) is 32.0 Å². The minimum absolute atomic E-state index is 0.235. The number of carboxylic acid groups (broad SMARTS) is 1. The first-order chi connectivity index (χ1) is 7.74. The van der Waals surface area contributed by atoms with Crippen molar-refractivity contribution in [2.75, 3.05) is 0 Å². The Bertz CT molecular complexity index is 487. The van der Waals surface area contributed by atoms with Gasteiger partial charge < -0.3 is 15.6 Å². The van der Waals surface area contributed by atoms with Gasteiger partial charge in [-0.15, -0.1) is 0 Å². The second kappa shape index (κ2) is 3.71. The molecule has 2 rings (SSSR count). The smallest absolute Gasteiger partial charge is 0.328 e. The quantitative estimate of drug-likeness (QED) is 0.834. The molecule has 1 atom stereocenters. The Kier molecular flexibility index (Phi) is 2.71. The van der Waals surface area contributed by atoms with Crippen molar-refractivity contribution in [1.29, 1.82) is 0 Å².